The van der Waals surface area contributed by atoms with Gasteiger partial charge in [0, 0.05) is 6.92 Å². The van der Waals surface area contributed by atoms with Crippen LogP contribution in [0.4, 0.5) is 0 Å². The second kappa shape index (κ2) is 7.84. The van der Waals surface area contributed by atoms with E-state index in [1.165, 1.54) is 6.92 Å². The molecule has 0 heterocycles. The molecule has 0 aliphatic carbocycles. The molecule has 5 heteroatoms. The Labute approximate surface area is 72.6 Å². The van der Waals surface area contributed by atoms with Crippen LogP contribution in [0.1, 0.15) is 20.8 Å². The first kappa shape index (κ1) is 13.3. The molecule has 0 bridgehead atoms. The molecule has 0 amide bonds. The van der Waals surface area contributed by atoms with Crippen molar-refractivity contribution in [3.05, 3.63) is 0 Å². The zero-order chi connectivity index (χ0) is 10.1. The fraction of sp³-hybridized carbons (Fsp3) is 0.714. The van der Waals surface area contributed by atoms with Crippen LogP contribution in [0.2, 0.25) is 0 Å². The summed E-state index contributed by atoms with van der Waals surface area (Å²) in [6.45, 7) is 5.96. The lowest BCUT2D eigenvalue weighted by Gasteiger charge is -2.02. The molecule has 0 fully saturated rings. The van der Waals surface area contributed by atoms with Crippen LogP contribution in [0.5, 0.6) is 0 Å². The standard InChI is InChI=1S/C6H12O2.CH5N3/c1-5(2)4-8-6(3)7;2-1(3)4/h5H,4H2,1-3H3;(H5,2,3,4). The van der Waals surface area contributed by atoms with Gasteiger partial charge in [0.05, 0.1) is 6.61 Å². The quantitative estimate of drug-likeness (QED) is 0.313. The highest BCUT2D eigenvalue weighted by Gasteiger charge is 1.94. The fourth-order valence-corrected chi connectivity index (χ4v) is 0.284. The van der Waals surface area contributed by atoms with Crippen LogP contribution in [-0.4, -0.2) is 18.5 Å². The first-order valence-electron chi connectivity index (χ1n) is 3.59. The minimum Gasteiger partial charge on any atom is -0.466 e. The topological polar surface area (TPSA) is 102 Å². The number of nitrogens with two attached hydrogens (primary N) is 2. The van der Waals surface area contributed by atoms with Gasteiger partial charge < -0.3 is 16.2 Å². The molecule has 0 spiro atoms. The van der Waals surface area contributed by atoms with Gasteiger partial charge in [-0.25, -0.2) is 0 Å². The Hall–Kier alpha value is -1.26. The molecule has 0 saturated heterocycles. The van der Waals surface area contributed by atoms with Crippen molar-refractivity contribution < 1.29 is 9.53 Å². The zero-order valence-corrected chi connectivity index (χ0v) is 7.76. The van der Waals surface area contributed by atoms with Crippen molar-refractivity contribution in [3.63, 3.8) is 0 Å². The number of carbonyl (C=O) groups is 1. The Morgan fingerprint density at radius 2 is 1.83 bits per heavy atom. The summed E-state index contributed by atoms with van der Waals surface area (Å²) in [7, 11) is 0. The molecule has 0 aromatic heterocycles. The highest BCUT2D eigenvalue weighted by Crippen LogP contribution is 1.91. The number of hydrogen-bond acceptors (Lipinski definition) is 3. The van der Waals surface area contributed by atoms with E-state index >= 15 is 0 Å². The summed E-state index contributed by atoms with van der Waals surface area (Å²) in [6.07, 6.45) is 0. The van der Waals surface area contributed by atoms with Crippen LogP contribution >= 0.6 is 0 Å². The summed E-state index contributed by atoms with van der Waals surface area (Å²) in [5, 5.41) is 6.06. The van der Waals surface area contributed by atoms with Gasteiger partial charge in [0.2, 0.25) is 0 Å². The Morgan fingerprint density at radius 1 is 1.50 bits per heavy atom. The fourth-order valence-electron chi connectivity index (χ4n) is 0.284. The minimum absolute atomic E-state index is 0.196. The largest absolute Gasteiger partial charge is 0.466 e. The Bertz CT molecular complexity index is 142. The Morgan fingerprint density at radius 3 is 1.92 bits per heavy atom. The van der Waals surface area contributed by atoms with Gasteiger partial charge in [0.25, 0.3) is 0 Å². The van der Waals surface area contributed by atoms with Gasteiger partial charge in [-0.3, -0.25) is 10.2 Å². The predicted octanol–water partition coefficient (Wildman–Crippen LogP) is 0.0441. The summed E-state index contributed by atoms with van der Waals surface area (Å²) in [5.41, 5.74) is 8.94. The van der Waals surface area contributed by atoms with Crippen molar-refractivity contribution >= 4 is 11.9 Å². The van der Waals surface area contributed by atoms with E-state index in [-0.39, 0.29) is 11.9 Å². The highest BCUT2D eigenvalue weighted by atomic mass is 16.5. The van der Waals surface area contributed by atoms with Gasteiger partial charge >= 0.3 is 5.97 Å². The molecule has 0 aliphatic rings. The average Bonchev–Trinajstić information content (AvgIpc) is 1.82. The van der Waals surface area contributed by atoms with Crippen LogP contribution < -0.4 is 11.5 Å². The van der Waals surface area contributed by atoms with Crippen LogP contribution in [0.15, 0.2) is 0 Å². The van der Waals surface area contributed by atoms with Gasteiger partial charge in [-0.1, -0.05) is 13.8 Å². The summed E-state index contributed by atoms with van der Waals surface area (Å²) in [6, 6.07) is 0. The third-order valence-corrected chi connectivity index (χ3v) is 0.620. The van der Waals surface area contributed by atoms with Crippen LogP contribution in [0.25, 0.3) is 0 Å². The number of hydrogen-bond donors (Lipinski definition) is 3. The van der Waals surface area contributed by atoms with E-state index in [9.17, 15) is 4.79 Å². The van der Waals surface area contributed by atoms with Crippen molar-refractivity contribution in [1.29, 1.82) is 5.41 Å². The summed E-state index contributed by atoms with van der Waals surface area (Å²) in [4.78, 5) is 10.1. The molecule has 0 atom stereocenters. The highest BCUT2D eigenvalue weighted by molar-refractivity contribution is 5.71. The number of guanidine groups is 1. The molecule has 0 aromatic carbocycles. The first-order chi connectivity index (χ1) is 5.36. The molecule has 0 unspecified atom stereocenters. The monoisotopic (exact) mass is 175 g/mol. The molecule has 0 aliphatic heterocycles. The molecule has 5 nitrogen and oxygen atoms in total. The third-order valence-electron chi connectivity index (χ3n) is 0.620. The maximum atomic E-state index is 10.1. The molecule has 0 aromatic rings. The zero-order valence-electron chi connectivity index (χ0n) is 7.76. The summed E-state index contributed by atoms with van der Waals surface area (Å²) >= 11 is 0. The van der Waals surface area contributed by atoms with Crippen LogP contribution in [0.3, 0.4) is 0 Å². The van der Waals surface area contributed by atoms with E-state index < -0.39 is 0 Å². The maximum absolute atomic E-state index is 10.1. The predicted molar refractivity (Wildman–Crippen MR) is 47.6 cm³/mol. The van der Waals surface area contributed by atoms with Crippen molar-refractivity contribution in [2.75, 3.05) is 6.61 Å². The maximum Gasteiger partial charge on any atom is 0.302 e. The number of carbonyl (C=O) groups excluding carboxylic acids is 1. The van der Waals surface area contributed by atoms with E-state index in [0.717, 1.165) is 0 Å². The van der Waals surface area contributed by atoms with Crippen molar-refractivity contribution in [2.45, 2.75) is 20.8 Å². The normalized spacial score (nSPS) is 8.33. The smallest absolute Gasteiger partial charge is 0.302 e. The van der Waals surface area contributed by atoms with Crippen LogP contribution in [-0.2, 0) is 9.53 Å². The van der Waals surface area contributed by atoms with Gasteiger partial charge in [-0.2, -0.15) is 0 Å². The lowest BCUT2D eigenvalue weighted by atomic mass is 10.2. The molecule has 12 heavy (non-hydrogen) atoms. The van der Waals surface area contributed by atoms with Gasteiger partial charge in [-0.15, -0.1) is 0 Å². The number of nitrogens with one attached hydrogen (secondary N) is 1. The van der Waals surface area contributed by atoms with Gasteiger partial charge in [0.1, 0.15) is 0 Å². The Kier molecular flexibility index (Phi) is 8.72. The second-order valence-corrected chi connectivity index (χ2v) is 2.65. The van der Waals surface area contributed by atoms with Gasteiger partial charge in [0.15, 0.2) is 5.96 Å². The average molecular weight is 175 g/mol. The molecular formula is C7H17N3O2. The SMILES string of the molecule is CC(=O)OCC(C)C.N=C(N)N. The molecular weight excluding hydrogens is 158 g/mol. The van der Waals surface area contributed by atoms with E-state index in [1.807, 2.05) is 13.8 Å². The van der Waals surface area contributed by atoms with Crippen molar-refractivity contribution in [2.24, 2.45) is 17.4 Å². The van der Waals surface area contributed by atoms with Gasteiger partial charge in [-0.05, 0) is 5.92 Å². The number of esters is 1. The number of rotatable bonds is 2. The number of ether oxygens (including phenoxy) is 1. The third kappa shape index (κ3) is 37.4. The van der Waals surface area contributed by atoms with E-state index in [2.05, 4.69) is 16.2 Å². The first-order valence-corrected chi connectivity index (χ1v) is 3.59. The molecule has 0 rings (SSSR count). The van der Waals surface area contributed by atoms with E-state index in [0.29, 0.717) is 12.5 Å². The summed E-state index contributed by atoms with van der Waals surface area (Å²) in [5.74, 6) is -0.0856. The Balaban J connectivity index is 0. The molecule has 5 N–H and O–H groups in total. The van der Waals surface area contributed by atoms with Crippen molar-refractivity contribution in [3.8, 4) is 0 Å². The second-order valence-electron chi connectivity index (χ2n) is 2.65. The van der Waals surface area contributed by atoms with E-state index in [1.54, 1.807) is 0 Å². The molecule has 0 radical (unpaired) electrons. The summed E-state index contributed by atoms with van der Waals surface area (Å²) < 4.78 is 4.66. The molecule has 72 valence electrons. The lowest BCUT2D eigenvalue weighted by molar-refractivity contribution is -0.141. The minimum atomic E-state index is -0.333. The lowest BCUT2D eigenvalue weighted by Crippen LogP contribution is -2.20. The van der Waals surface area contributed by atoms with E-state index in [4.69, 9.17) is 5.41 Å². The molecule has 0 saturated carbocycles. The van der Waals surface area contributed by atoms with Crippen molar-refractivity contribution in [1.82, 2.24) is 0 Å². The van der Waals surface area contributed by atoms with Crippen LogP contribution in [0, 0.1) is 11.3 Å².